The number of benzene rings is 1. The molecule has 1 aliphatic carbocycles. The number of aliphatic hydroxyl groups is 1. The number of hydrogen-bond donors (Lipinski definition) is 1. The van der Waals surface area contributed by atoms with Gasteiger partial charge in [0.25, 0.3) is 0 Å². The molecular formula is C14H18BrFO. The maximum atomic E-state index is 13.7. The van der Waals surface area contributed by atoms with Crippen LogP contribution in [0.1, 0.15) is 44.3 Å². The summed E-state index contributed by atoms with van der Waals surface area (Å²) in [6, 6.07) is 4.89. The minimum Gasteiger partial charge on any atom is -0.388 e. The largest absolute Gasteiger partial charge is 0.388 e. The monoisotopic (exact) mass is 300 g/mol. The average Bonchev–Trinajstić information content (AvgIpc) is 2.29. The second-order valence-corrected chi connectivity index (χ2v) is 6.05. The second kappa shape index (κ2) is 5.49. The van der Waals surface area contributed by atoms with E-state index in [1.165, 1.54) is 6.07 Å². The molecule has 0 bridgehead atoms. The highest BCUT2D eigenvalue weighted by Gasteiger charge is 2.27. The lowest BCUT2D eigenvalue weighted by atomic mass is 9.78. The van der Waals surface area contributed by atoms with Crippen LogP contribution in [0.15, 0.2) is 22.7 Å². The van der Waals surface area contributed by atoms with Gasteiger partial charge in [-0.25, -0.2) is 4.39 Å². The lowest BCUT2D eigenvalue weighted by Gasteiger charge is -2.30. The van der Waals surface area contributed by atoms with Gasteiger partial charge in [-0.1, -0.05) is 41.8 Å². The molecule has 2 rings (SSSR count). The first-order chi connectivity index (χ1) is 8.08. The number of halogens is 2. The summed E-state index contributed by atoms with van der Waals surface area (Å²) in [7, 11) is 0. The summed E-state index contributed by atoms with van der Waals surface area (Å²) in [4.78, 5) is 0. The maximum Gasteiger partial charge on any atom is 0.130 e. The third-order valence-electron chi connectivity index (χ3n) is 3.79. The van der Waals surface area contributed by atoms with E-state index in [-0.39, 0.29) is 11.7 Å². The third-order valence-corrected chi connectivity index (χ3v) is 4.28. The molecule has 0 radical (unpaired) electrons. The summed E-state index contributed by atoms with van der Waals surface area (Å²) in [6.45, 7) is 2.24. The summed E-state index contributed by atoms with van der Waals surface area (Å²) >= 11 is 3.23. The van der Waals surface area contributed by atoms with Gasteiger partial charge in [0.05, 0.1) is 6.10 Å². The molecule has 1 fully saturated rings. The van der Waals surface area contributed by atoms with Crippen LogP contribution in [-0.4, -0.2) is 5.11 Å². The van der Waals surface area contributed by atoms with Gasteiger partial charge < -0.3 is 5.11 Å². The first-order valence-corrected chi connectivity index (χ1v) is 7.00. The Balaban J connectivity index is 2.11. The molecule has 0 heterocycles. The van der Waals surface area contributed by atoms with Gasteiger partial charge in [-0.15, -0.1) is 0 Å². The van der Waals surface area contributed by atoms with E-state index in [2.05, 4.69) is 22.9 Å². The smallest absolute Gasteiger partial charge is 0.130 e. The molecule has 3 heteroatoms. The average molecular weight is 301 g/mol. The lowest BCUT2D eigenvalue weighted by Crippen LogP contribution is -2.20. The van der Waals surface area contributed by atoms with Gasteiger partial charge in [-0.2, -0.15) is 0 Å². The number of aliphatic hydroxyl groups excluding tert-OH is 1. The molecule has 1 aliphatic rings. The summed E-state index contributed by atoms with van der Waals surface area (Å²) in [5.74, 6) is 0.639. The summed E-state index contributed by atoms with van der Waals surface area (Å²) in [6.07, 6.45) is 3.62. The molecule has 1 atom stereocenters. The van der Waals surface area contributed by atoms with Crippen LogP contribution in [0.5, 0.6) is 0 Å². The molecule has 1 saturated carbocycles. The van der Waals surface area contributed by atoms with Gasteiger partial charge >= 0.3 is 0 Å². The predicted octanol–water partition coefficient (Wildman–Crippen LogP) is 4.45. The number of hydrogen-bond acceptors (Lipinski definition) is 1. The standard InChI is InChI=1S/C14H18BrFO/c1-9-2-4-10(5-3-9)14(17)12-7-6-11(15)8-13(12)16/h6-10,14,17H,2-5H2,1H3. The van der Waals surface area contributed by atoms with Crippen molar-refractivity contribution >= 4 is 15.9 Å². The Morgan fingerprint density at radius 1 is 1.29 bits per heavy atom. The Morgan fingerprint density at radius 2 is 1.94 bits per heavy atom. The topological polar surface area (TPSA) is 20.2 Å². The Morgan fingerprint density at radius 3 is 2.53 bits per heavy atom. The summed E-state index contributed by atoms with van der Waals surface area (Å²) < 4.78 is 14.5. The van der Waals surface area contributed by atoms with Gasteiger partial charge in [0, 0.05) is 10.0 Å². The SMILES string of the molecule is CC1CCC(C(O)c2ccc(Br)cc2F)CC1. The van der Waals surface area contributed by atoms with E-state index in [0.717, 1.165) is 31.6 Å². The van der Waals surface area contributed by atoms with Crippen molar-refractivity contribution in [2.45, 2.75) is 38.7 Å². The maximum absolute atomic E-state index is 13.7. The predicted molar refractivity (Wildman–Crippen MR) is 70.2 cm³/mol. The summed E-state index contributed by atoms with van der Waals surface area (Å²) in [5.41, 5.74) is 0.438. The number of rotatable bonds is 2. The van der Waals surface area contributed by atoms with Gasteiger partial charge in [0.15, 0.2) is 0 Å². The van der Waals surface area contributed by atoms with Crippen LogP contribution < -0.4 is 0 Å². The van der Waals surface area contributed by atoms with E-state index in [9.17, 15) is 9.50 Å². The fraction of sp³-hybridized carbons (Fsp3) is 0.571. The quantitative estimate of drug-likeness (QED) is 0.855. The van der Waals surface area contributed by atoms with Crippen LogP contribution in [0.25, 0.3) is 0 Å². The third kappa shape index (κ3) is 3.08. The molecule has 0 spiro atoms. The van der Waals surface area contributed by atoms with Crippen LogP contribution in [0.2, 0.25) is 0 Å². The van der Waals surface area contributed by atoms with Crippen molar-refractivity contribution in [2.24, 2.45) is 11.8 Å². The fourth-order valence-corrected chi connectivity index (χ4v) is 2.93. The Labute approximate surface area is 110 Å². The van der Waals surface area contributed by atoms with Crippen molar-refractivity contribution in [2.75, 3.05) is 0 Å². The molecule has 1 nitrogen and oxygen atoms in total. The van der Waals surface area contributed by atoms with Crippen molar-refractivity contribution in [1.82, 2.24) is 0 Å². The highest BCUT2D eigenvalue weighted by Crippen LogP contribution is 2.37. The van der Waals surface area contributed by atoms with E-state index >= 15 is 0 Å². The van der Waals surface area contributed by atoms with Crippen LogP contribution in [-0.2, 0) is 0 Å². The molecule has 0 saturated heterocycles. The van der Waals surface area contributed by atoms with Crippen molar-refractivity contribution in [3.8, 4) is 0 Å². The van der Waals surface area contributed by atoms with Crippen LogP contribution in [0.3, 0.4) is 0 Å². The molecule has 17 heavy (non-hydrogen) atoms. The van der Waals surface area contributed by atoms with E-state index in [1.807, 2.05) is 0 Å². The van der Waals surface area contributed by atoms with E-state index in [4.69, 9.17) is 0 Å². The molecule has 0 aromatic heterocycles. The Bertz CT molecular complexity index is 386. The minimum atomic E-state index is -0.657. The Hall–Kier alpha value is -0.410. The van der Waals surface area contributed by atoms with Gasteiger partial charge in [-0.05, 0) is 36.8 Å². The summed E-state index contributed by atoms with van der Waals surface area (Å²) in [5, 5.41) is 10.2. The molecule has 0 amide bonds. The fourth-order valence-electron chi connectivity index (χ4n) is 2.60. The first-order valence-electron chi connectivity index (χ1n) is 6.21. The van der Waals surface area contributed by atoms with Crippen molar-refractivity contribution in [3.05, 3.63) is 34.1 Å². The van der Waals surface area contributed by atoms with Crippen LogP contribution >= 0.6 is 15.9 Å². The van der Waals surface area contributed by atoms with E-state index in [0.29, 0.717) is 10.0 Å². The molecule has 1 unspecified atom stereocenters. The Kier molecular flexibility index (Phi) is 4.21. The highest BCUT2D eigenvalue weighted by atomic mass is 79.9. The molecule has 1 N–H and O–H groups in total. The van der Waals surface area contributed by atoms with E-state index < -0.39 is 6.10 Å². The van der Waals surface area contributed by atoms with Crippen molar-refractivity contribution in [1.29, 1.82) is 0 Å². The molecular weight excluding hydrogens is 283 g/mol. The molecule has 94 valence electrons. The minimum absolute atomic E-state index is 0.210. The van der Waals surface area contributed by atoms with Crippen molar-refractivity contribution in [3.63, 3.8) is 0 Å². The van der Waals surface area contributed by atoms with Crippen LogP contribution in [0.4, 0.5) is 4.39 Å². The zero-order valence-electron chi connectivity index (χ0n) is 10.00. The highest BCUT2D eigenvalue weighted by molar-refractivity contribution is 9.10. The van der Waals surface area contributed by atoms with Crippen LogP contribution in [0, 0.1) is 17.7 Å². The molecule has 0 aliphatic heterocycles. The zero-order valence-corrected chi connectivity index (χ0v) is 11.6. The first kappa shape index (κ1) is 13.0. The molecule has 1 aromatic carbocycles. The lowest BCUT2D eigenvalue weighted by molar-refractivity contribution is 0.0726. The normalized spacial score (nSPS) is 26.8. The van der Waals surface area contributed by atoms with E-state index in [1.54, 1.807) is 12.1 Å². The van der Waals surface area contributed by atoms with Gasteiger partial charge in [-0.3, -0.25) is 0 Å². The second-order valence-electron chi connectivity index (χ2n) is 5.13. The molecule has 1 aromatic rings. The zero-order chi connectivity index (χ0) is 12.4. The van der Waals surface area contributed by atoms with Crippen molar-refractivity contribution < 1.29 is 9.50 Å². The van der Waals surface area contributed by atoms with Gasteiger partial charge in [0.2, 0.25) is 0 Å². The van der Waals surface area contributed by atoms with Gasteiger partial charge in [0.1, 0.15) is 5.82 Å².